The minimum Gasteiger partial charge on any atom is -0.397 e. The molecule has 5 heteroatoms. The number of rotatable bonds is 3. The van der Waals surface area contributed by atoms with Crippen molar-refractivity contribution in [2.24, 2.45) is 5.92 Å². The molecule has 2 rings (SSSR count). The van der Waals surface area contributed by atoms with E-state index in [-0.39, 0.29) is 5.02 Å². The van der Waals surface area contributed by atoms with Gasteiger partial charge in [0.15, 0.2) is 0 Å². The number of hydrogen-bond donors (Lipinski definition) is 1. The summed E-state index contributed by atoms with van der Waals surface area (Å²) in [6.45, 7) is 2.47. The van der Waals surface area contributed by atoms with E-state index in [9.17, 15) is 4.39 Å². The highest BCUT2D eigenvalue weighted by molar-refractivity contribution is 6.31. The topological polar surface area (TPSA) is 38.5 Å². The van der Waals surface area contributed by atoms with Gasteiger partial charge in [-0.3, -0.25) is 0 Å². The van der Waals surface area contributed by atoms with Crippen LogP contribution in [0.3, 0.4) is 0 Å². The molecule has 0 radical (unpaired) electrons. The normalized spacial score (nSPS) is 19.8. The molecule has 0 amide bonds. The molecule has 18 heavy (non-hydrogen) atoms. The Bertz CT molecular complexity index is 422. The molecule has 1 fully saturated rings. The summed E-state index contributed by atoms with van der Waals surface area (Å²) in [6.07, 6.45) is 2.25. The molecule has 0 bridgehead atoms. The predicted molar refractivity (Wildman–Crippen MR) is 72.6 cm³/mol. The van der Waals surface area contributed by atoms with E-state index < -0.39 is 5.82 Å². The van der Waals surface area contributed by atoms with Crippen LogP contribution in [0.1, 0.15) is 12.8 Å². The van der Waals surface area contributed by atoms with Crippen LogP contribution in [-0.4, -0.2) is 26.8 Å². The predicted octanol–water partition coefficient (Wildman–Crippen LogP) is 2.92. The fourth-order valence-corrected chi connectivity index (χ4v) is 2.48. The average Bonchev–Trinajstić information content (AvgIpc) is 2.35. The van der Waals surface area contributed by atoms with Gasteiger partial charge in [0.05, 0.1) is 23.0 Å². The molecule has 1 atom stereocenters. The van der Waals surface area contributed by atoms with Gasteiger partial charge in [0.2, 0.25) is 0 Å². The fraction of sp³-hybridized carbons (Fsp3) is 0.538. The van der Waals surface area contributed by atoms with Crippen LogP contribution in [0.25, 0.3) is 0 Å². The van der Waals surface area contributed by atoms with Gasteiger partial charge in [-0.2, -0.15) is 0 Å². The number of nitrogens with zero attached hydrogens (tertiary/aromatic N) is 1. The number of anilines is 2. The van der Waals surface area contributed by atoms with Gasteiger partial charge in [-0.15, -0.1) is 0 Å². The van der Waals surface area contributed by atoms with E-state index in [4.69, 9.17) is 22.1 Å². The molecule has 1 aromatic carbocycles. The Balaban J connectivity index is 2.08. The highest BCUT2D eigenvalue weighted by Crippen LogP contribution is 2.29. The van der Waals surface area contributed by atoms with E-state index >= 15 is 0 Å². The van der Waals surface area contributed by atoms with Crippen LogP contribution in [0.5, 0.6) is 0 Å². The van der Waals surface area contributed by atoms with Gasteiger partial charge in [0.25, 0.3) is 0 Å². The summed E-state index contributed by atoms with van der Waals surface area (Å²) in [5, 5.41) is 0.103. The van der Waals surface area contributed by atoms with Gasteiger partial charge in [0.1, 0.15) is 5.82 Å². The first-order valence-electron chi connectivity index (χ1n) is 6.11. The van der Waals surface area contributed by atoms with Crippen molar-refractivity contribution in [3.05, 3.63) is 23.0 Å². The highest BCUT2D eigenvalue weighted by Gasteiger charge is 2.18. The van der Waals surface area contributed by atoms with Crippen LogP contribution in [0.4, 0.5) is 15.8 Å². The van der Waals surface area contributed by atoms with Gasteiger partial charge in [-0.25, -0.2) is 4.39 Å². The number of hydrogen-bond acceptors (Lipinski definition) is 3. The van der Waals surface area contributed by atoms with Gasteiger partial charge in [-0.05, 0) is 24.8 Å². The summed E-state index contributed by atoms with van der Waals surface area (Å²) in [4.78, 5) is 2.01. The van der Waals surface area contributed by atoms with E-state index in [0.29, 0.717) is 11.6 Å². The van der Waals surface area contributed by atoms with Crippen LogP contribution < -0.4 is 10.6 Å². The molecule has 1 aromatic rings. The zero-order valence-corrected chi connectivity index (χ0v) is 11.2. The maximum Gasteiger partial charge on any atom is 0.143 e. The van der Waals surface area contributed by atoms with E-state index in [1.165, 1.54) is 6.07 Å². The molecule has 100 valence electrons. The maximum atomic E-state index is 13.2. The first-order chi connectivity index (χ1) is 8.58. The Labute approximate surface area is 112 Å². The minimum atomic E-state index is -0.479. The van der Waals surface area contributed by atoms with Crippen molar-refractivity contribution in [2.75, 3.05) is 37.4 Å². The van der Waals surface area contributed by atoms with Crippen molar-refractivity contribution in [3.63, 3.8) is 0 Å². The first kappa shape index (κ1) is 13.4. The maximum absolute atomic E-state index is 13.2. The van der Waals surface area contributed by atoms with Crippen LogP contribution in [0.2, 0.25) is 5.02 Å². The minimum absolute atomic E-state index is 0.103. The molecule has 0 aliphatic carbocycles. The molecule has 0 aromatic heterocycles. The van der Waals surface area contributed by atoms with E-state index in [1.807, 2.05) is 11.9 Å². The molecule has 1 aliphatic rings. The molecule has 1 aliphatic heterocycles. The third kappa shape index (κ3) is 3.06. The van der Waals surface area contributed by atoms with Crippen molar-refractivity contribution >= 4 is 23.0 Å². The van der Waals surface area contributed by atoms with Crippen molar-refractivity contribution in [1.29, 1.82) is 0 Å². The summed E-state index contributed by atoms with van der Waals surface area (Å²) in [5.41, 5.74) is 7.01. The second kappa shape index (κ2) is 5.76. The van der Waals surface area contributed by atoms with Gasteiger partial charge in [-0.1, -0.05) is 11.6 Å². The van der Waals surface area contributed by atoms with Crippen molar-refractivity contribution in [1.82, 2.24) is 0 Å². The lowest BCUT2D eigenvalue weighted by molar-refractivity contribution is 0.0576. The number of benzene rings is 1. The molecule has 1 heterocycles. The van der Waals surface area contributed by atoms with Crippen LogP contribution in [0, 0.1) is 11.7 Å². The summed E-state index contributed by atoms with van der Waals surface area (Å²) >= 11 is 5.79. The standard InChI is InChI=1S/C13H18ClFN2O/c1-17(7-9-3-2-4-18-8-9)13-5-10(14)11(15)6-12(13)16/h5-6,9H,2-4,7-8,16H2,1H3. The lowest BCUT2D eigenvalue weighted by atomic mass is 10.0. The number of nitrogens with two attached hydrogens (primary N) is 1. The Morgan fingerprint density at radius 3 is 3.00 bits per heavy atom. The van der Waals surface area contributed by atoms with Crippen molar-refractivity contribution < 1.29 is 9.13 Å². The smallest absolute Gasteiger partial charge is 0.143 e. The second-order valence-electron chi connectivity index (χ2n) is 4.79. The number of nitrogen functional groups attached to an aromatic ring is 1. The molecular formula is C13H18ClFN2O. The fourth-order valence-electron chi connectivity index (χ4n) is 2.32. The van der Waals surface area contributed by atoms with Crippen molar-refractivity contribution in [3.8, 4) is 0 Å². The molecule has 3 nitrogen and oxygen atoms in total. The average molecular weight is 273 g/mol. The number of ether oxygens (including phenoxy) is 1. The SMILES string of the molecule is CN(CC1CCCOC1)c1cc(Cl)c(F)cc1N. The lowest BCUT2D eigenvalue weighted by Crippen LogP contribution is -2.31. The van der Waals surface area contributed by atoms with E-state index in [2.05, 4.69) is 0 Å². The van der Waals surface area contributed by atoms with Crippen LogP contribution in [-0.2, 0) is 4.74 Å². The Morgan fingerprint density at radius 2 is 2.33 bits per heavy atom. The second-order valence-corrected chi connectivity index (χ2v) is 5.20. The monoisotopic (exact) mass is 272 g/mol. The molecule has 0 spiro atoms. The summed E-state index contributed by atoms with van der Waals surface area (Å²) in [6, 6.07) is 2.85. The first-order valence-corrected chi connectivity index (χ1v) is 6.49. The zero-order valence-electron chi connectivity index (χ0n) is 10.5. The summed E-state index contributed by atoms with van der Waals surface area (Å²) in [5.74, 6) is 0.0132. The molecule has 1 unspecified atom stereocenters. The van der Waals surface area contributed by atoms with Crippen LogP contribution in [0.15, 0.2) is 12.1 Å². The van der Waals surface area contributed by atoms with Gasteiger partial charge < -0.3 is 15.4 Å². The Hall–Kier alpha value is -1.00. The summed E-state index contributed by atoms with van der Waals surface area (Å²) in [7, 11) is 1.94. The van der Waals surface area contributed by atoms with Gasteiger partial charge in [0, 0.05) is 26.3 Å². The van der Waals surface area contributed by atoms with Crippen LogP contribution >= 0.6 is 11.6 Å². The van der Waals surface area contributed by atoms with Gasteiger partial charge >= 0.3 is 0 Å². The number of halogens is 2. The van der Waals surface area contributed by atoms with Crippen molar-refractivity contribution in [2.45, 2.75) is 12.8 Å². The molecule has 1 saturated heterocycles. The Morgan fingerprint density at radius 1 is 1.56 bits per heavy atom. The zero-order chi connectivity index (χ0) is 13.1. The quantitative estimate of drug-likeness (QED) is 0.860. The summed E-state index contributed by atoms with van der Waals surface area (Å²) < 4.78 is 18.7. The lowest BCUT2D eigenvalue weighted by Gasteiger charge is -2.29. The molecule has 0 saturated carbocycles. The third-order valence-electron chi connectivity index (χ3n) is 3.27. The molecule has 2 N–H and O–H groups in total. The highest BCUT2D eigenvalue weighted by atomic mass is 35.5. The largest absolute Gasteiger partial charge is 0.397 e. The Kier molecular flexibility index (Phi) is 4.30. The third-order valence-corrected chi connectivity index (χ3v) is 3.56. The van der Waals surface area contributed by atoms with E-state index in [1.54, 1.807) is 6.07 Å². The van der Waals surface area contributed by atoms with E-state index in [0.717, 1.165) is 38.3 Å². The molecular weight excluding hydrogens is 255 g/mol.